The summed E-state index contributed by atoms with van der Waals surface area (Å²) >= 11 is 1.66. The van der Waals surface area contributed by atoms with Crippen LogP contribution in [0.15, 0.2) is 18.5 Å². The van der Waals surface area contributed by atoms with Crippen molar-refractivity contribution >= 4 is 17.7 Å². The molecule has 4 heteroatoms. The number of ether oxygens (including phenoxy) is 1. The minimum Gasteiger partial charge on any atom is -0.458 e. The van der Waals surface area contributed by atoms with E-state index in [2.05, 4.69) is 4.98 Å². The molecule has 0 bridgehead atoms. The summed E-state index contributed by atoms with van der Waals surface area (Å²) in [6.07, 6.45) is 5.16. The molecule has 1 rings (SSSR count). The average molecular weight is 225 g/mol. The zero-order valence-electron chi connectivity index (χ0n) is 9.19. The smallest absolute Gasteiger partial charge is 0.340 e. The molecule has 0 aliphatic carbocycles. The first-order chi connectivity index (χ1) is 7.13. The van der Waals surface area contributed by atoms with E-state index in [4.69, 9.17) is 4.74 Å². The minimum atomic E-state index is -0.298. The fourth-order valence-electron chi connectivity index (χ4n) is 1.19. The van der Waals surface area contributed by atoms with E-state index in [9.17, 15) is 4.79 Å². The molecule has 1 aromatic rings. The highest BCUT2D eigenvalue weighted by Crippen LogP contribution is 2.07. The van der Waals surface area contributed by atoms with E-state index >= 15 is 0 Å². The fourth-order valence-corrected chi connectivity index (χ4v) is 1.72. The van der Waals surface area contributed by atoms with Gasteiger partial charge in [0.05, 0.1) is 5.56 Å². The molecule has 0 fully saturated rings. The number of rotatable bonds is 4. The highest BCUT2D eigenvalue weighted by atomic mass is 32.2. The summed E-state index contributed by atoms with van der Waals surface area (Å²) in [6, 6.07) is 1.78. The fraction of sp³-hybridized carbons (Fsp3) is 0.455. The molecule has 0 spiro atoms. The van der Waals surface area contributed by atoms with Gasteiger partial charge in [-0.3, -0.25) is 4.98 Å². The Bertz CT molecular complexity index is 341. The van der Waals surface area contributed by atoms with Gasteiger partial charge in [-0.05, 0) is 31.7 Å². The number of esters is 1. The Labute approximate surface area is 94.2 Å². The van der Waals surface area contributed by atoms with Crippen LogP contribution in [-0.2, 0) is 4.74 Å². The quantitative estimate of drug-likeness (QED) is 0.737. The Hall–Kier alpha value is -1.03. The van der Waals surface area contributed by atoms with E-state index in [0.717, 1.165) is 11.3 Å². The molecular formula is C11H15NO2S. The lowest BCUT2D eigenvalue weighted by atomic mass is 10.2. The van der Waals surface area contributed by atoms with Crippen molar-refractivity contribution in [2.75, 3.05) is 12.0 Å². The van der Waals surface area contributed by atoms with E-state index < -0.39 is 0 Å². The number of carbonyl (C=O) groups is 1. The normalized spacial score (nSPS) is 12.2. The second-order valence-electron chi connectivity index (χ2n) is 3.42. The minimum absolute atomic E-state index is 0.0620. The molecule has 1 heterocycles. The first-order valence-corrected chi connectivity index (χ1v) is 6.14. The summed E-state index contributed by atoms with van der Waals surface area (Å²) in [5.41, 5.74) is 1.48. The van der Waals surface area contributed by atoms with Gasteiger partial charge in [0.2, 0.25) is 0 Å². The Morgan fingerprint density at radius 1 is 1.60 bits per heavy atom. The molecule has 15 heavy (non-hydrogen) atoms. The molecule has 1 aromatic heterocycles. The molecule has 1 unspecified atom stereocenters. The van der Waals surface area contributed by atoms with Gasteiger partial charge in [-0.15, -0.1) is 0 Å². The number of hydrogen-bond acceptors (Lipinski definition) is 4. The third kappa shape index (κ3) is 3.91. The standard InChI is InChI=1S/C11H15NO2S/c1-8-4-10(6-12-5-8)11(13)14-9(2)7-15-3/h4-6,9H,7H2,1-3H3. The van der Waals surface area contributed by atoms with E-state index in [1.807, 2.05) is 20.1 Å². The lowest BCUT2D eigenvalue weighted by Gasteiger charge is -2.11. The second kappa shape index (κ2) is 5.75. The summed E-state index contributed by atoms with van der Waals surface area (Å²) in [5.74, 6) is 0.512. The zero-order chi connectivity index (χ0) is 11.3. The maximum atomic E-state index is 11.6. The van der Waals surface area contributed by atoms with Gasteiger partial charge in [0.15, 0.2) is 0 Å². The van der Waals surface area contributed by atoms with Crippen LogP contribution in [-0.4, -0.2) is 29.1 Å². The highest BCUT2D eigenvalue weighted by Gasteiger charge is 2.11. The van der Waals surface area contributed by atoms with Crippen LogP contribution in [0.25, 0.3) is 0 Å². The maximum absolute atomic E-state index is 11.6. The zero-order valence-corrected chi connectivity index (χ0v) is 10.0. The van der Waals surface area contributed by atoms with Crippen LogP contribution in [0.1, 0.15) is 22.8 Å². The second-order valence-corrected chi connectivity index (χ2v) is 4.33. The third-order valence-electron chi connectivity index (χ3n) is 1.82. The van der Waals surface area contributed by atoms with E-state index in [1.54, 1.807) is 24.0 Å². The number of nitrogens with zero attached hydrogens (tertiary/aromatic N) is 1. The molecule has 1 atom stereocenters. The maximum Gasteiger partial charge on any atom is 0.340 e. The van der Waals surface area contributed by atoms with Crippen molar-refractivity contribution in [3.63, 3.8) is 0 Å². The topological polar surface area (TPSA) is 39.2 Å². The molecule has 0 saturated carbocycles. The number of hydrogen-bond donors (Lipinski definition) is 0. The van der Waals surface area contributed by atoms with Crippen molar-refractivity contribution in [2.45, 2.75) is 20.0 Å². The van der Waals surface area contributed by atoms with Crippen molar-refractivity contribution in [1.82, 2.24) is 4.98 Å². The molecule has 0 amide bonds. The molecule has 0 aliphatic heterocycles. The monoisotopic (exact) mass is 225 g/mol. The highest BCUT2D eigenvalue weighted by molar-refractivity contribution is 7.98. The molecular weight excluding hydrogens is 210 g/mol. The van der Waals surface area contributed by atoms with Crippen LogP contribution in [0.3, 0.4) is 0 Å². The predicted molar refractivity (Wildman–Crippen MR) is 62.2 cm³/mol. The van der Waals surface area contributed by atoms with Crippen LogP contribution >= 0.6 is 11.8 Å². The van der Waals surface area contributed by atoms with Gasteiger partial charge in [0.25, 0.3) is 0 Å². The van der Waals surface area contributed by atoms with Crippen molar-refractivity contribution in [3.8, 4) is 0 Å². The average Bonchev–Trinajstić information content (AvgIpc) is 2.18. The Morgan fingerprint density at radius 3 is 2.93 bits per heavy atom. The van der Waals surface area contributed by atoms with Gasteiger partial charge >= 0.3 is 5.97 Å². The summed E-state index contributed by atoms with van der Waals surface area (Å²) in [4.78, 5) is 15.6. The van der Waals surface area contributed by atoms with Crippen molar-refractivity contribution in [1.29, 1.82) is 0 Å². The SMILES string of the molecule is CSCC(C)OC(=O)c1cncc(C)c1. The number of thioether (sulfide) groups is 1. The van der Waals surface area contributed by atoms with E-state index in [-0.39, 0.29) is 12.1 Å². The van der Waals surface area contributed by atoms with Gasteiger partial charge < -0.3 is 4.74 Å². The molecule has 82 valence electrons. The summed E-state index contributed by atoms with van der Waals surface area (Å²) in [5, 5.41) is 0. The number of aryl methyl sites for hydroxylation is 1. The van der Waals surface area contributed by atoms with Gasteiger partial charge in [-0.1, -0.05) is 0 Å². The molecule has 0 N–H and O–H groups in total. The van der Waals surface area contributed by atoms with Crippen LogP contribution in [0, 0.1) is 6.92 Å². The van der Waals surface area contributed by atoms with Crippen LogP contribution in [0.4, 0.5) is 0 Å². The Morgan fingerprint density at radius 2 is 2.33 bits per heavy atom. The molecule has 0 saturated heterocycles. The summed E-state index contributed by atoms with van der Waals surface area (Å²) < 4.78 is 5.23. The predicted octanol–water partition coefficient (Wildman–Crippen LogP) is 2.30. The van der Waals surface area contributed by atoms with E-state index in [0.29, 0.717) is 5.56 Å². The molecule has 3 nitrogen and oxygen atoms in total. The van der Waals surface area contributed by atoms with Gasteiger partial charge in [-0.25, -0.2) is 4.79 Å². The summed E-state index contributed by atoms with van der Waals surface area (Å²) in [7, 11) is 0. The lowest BCUT2D eigenvalue weighted by molar-refractivity contribution is 0.0385. The Kier molecular flexibility index (Phi) is 4.62. The number of aromatic nitrogens is 1. The van der Waals surface area contributed by atoms with Crippen molar-refractivity contribution in [2.24, 2.45) is 0 Å². The van der Waals surface area contributed by atoms with Crippen LogP contribution in [0.2, 0.25) is 0 Å². The van der Waals surface area contributed by atoms with Crippen LogP contribution in [0.5, 0.6) is 0 Å². The molecule has 0 aromatic carbocycles. The van der Waals surface area contributed by atoms with Crippen molar-refractivity contribution in [3.05, 3.63) is 29.6 Å². The number of carbonyl (C=O) groups excluding carboxylic acids is 1. The molecule has 0 aliphatic rings. The third-order valence-corrected chi connectivity index (χ3v) is 2.62. The molecule has 0 radical (unpaired) electrons. The lowest BCUT2D eigenvalue weighted by Crippen LogP contribution is -2.17. The van der Waals surface area contributed by atoms with E-state index in [1.165, 1.54) is 6.20 Å². The van der Waals surface area contributed by atoms with Crippen molar-refractivity contribution < 1.29 is 9.53 Å². The van der Waals surface area contributed by atoms with Crippen LogP contribution < -0.4 is 0 Å². The van der Waals surface area contributed by atoms with Gasteiger partial charge in [0, 0.05) is 18.1 Å². The van der Waals surface area contributed by atoms with Gasteiger partial charge in [0.1, 0.15) is 6.10 Å². The number of pyridine rings is 1. The first kappa shape index (κ1) is 12.0. The van der Waals surface area contributed by atoms with Gasteiger partial charge in [-0.2, -0.15) is 11.8 Å². The summed E-state index contributed by atoms with van der Waals surface area (Å²) in [6.45, 7) is 3.78. The Balaban J connectivity index is 2.61. The first-order valence-electron chi connectivity index (χ1n) is 4.75. The largest absolute Gasteiger partial charge is 0.458 e.